The van der Waals surface area contributed by atoms with Gasteiger partial charge in [0.2, 0.25) is 0 Å². The predicted molar refractivity (Wildman–Crippen MR) is 262 cm³/mol. The molecule has 3 heterocycles. The third kappa shape index (κ3) is 10.4. The van der Waals surface area contributed by atoms with Crippen molar-refractivity contribution in [1.29, 1.82) is 0 Å². The molecule has 0 atom stereocenters. The molecule has 0 spiro atoms. The van der Waals surface area contributed by atoms with Crippen molar-refractivity contribution in [3.63, 3.8) is 0 Å². The monoisotopic (exact) mass is 1010 g/mol. The third-order valence-electron chi connectivity index (χ3n) is 11.8. The molecular formula is C61H44IrN3. The molecule has 0 amide bonds. The van der Waals surface area contributed by atoms with E-state index in [1.807, 2.05) is 67.1 Å². The Morgan fingerprint density at radius 2 is 0.831 bits per heavy atom. The van der Waals surface area contributed by atoms with Crippen molar-refractivity contribution in [3.05, 3.63) is 259 Å². The van der Waals surface area contributed by atoms with Crippen LogP contribution in [0.15, 0.2) is 219 Å². The summed E-state index contributed by atoms with van der Waals surface area (Å²) >= 11 is 0. The van der Waals surface area contributed by atoms with E-state index in [-0.39, 0.29) is 20.1 Å². The molecule has 0 fully saturated rings. The second-order valence-electron chi connectivity index (χ2n) is 16.1. The van der Waals surface area contributed by atoms with Crippen molar-refractivity contribution in [1.82, 2.24) is 15.0 Å². The van der Waals surface area contributed by atoms with Crippen LogP contribution in [-0.2, 0) is 45.8 Å². The van der Waals surface area contributed by atoms with Gasteiger partial charge in [0.15, 0.2) is 0 Å². The van der Waals surface area contributed by atoms with E-state index in [1.165, 1.54) is 44.5 Å². The normalized spacial score (nSPS) is 10.9. The number of hydrogen-bond acceptors (Lipinski definition) is 3. The van der Waals surface area contributed by atoms with E-state index in [0.29, 0.717) is 0 Å². The SMILES string of the molecule is [Ir+3].[c-]1cc(CCc2cc(CCc3c[c-]c(-c4ccccn4)cc3)cc(-c3ccccc3-c3ccc(-c4[c-]ccc(-c5ccc(-c6ccccc6)cc5)c4)nc3)c2)ccc1-c1ccccn1. The van der Waals surface area contributed by atoms with Gasteiger partial charge in [-0.05, 0) is 92.1 Å². The number of pyridine rings is 3. The van der Waals surface area contributed by atoms with Gasteiger partial charge in [0.05, 0.1) is 0 Å². The van der Waals surface area contributed by atoms with Crippen LogP contribution in [0.3, 0.4) is 0 Å². The van der Waals surface area contributed by atoms with Gasteiger partial charge in [0.1, 0.15) is 0 Å². The average Bonchev–Trinajstić information content (AvgIpc) is 3.38. The summed E-state index contributed by atoms with van der Waals surface area (Å²) in [6.07, 6.45) is 9.31. The Morgan fingerprint density at radius 1 is 0.323 bits per heavy atom. The van der Waals surface area contributed by atoms with Crippen LogP contribution < -0.4 is 0 Å². The van der Waals surface area contributed by atoms with E-state index in [1.54, 1.807) is 0 Å². The molecule has 0 N–H and O–H groups in total. The summed E-state index contributed by atoms with van der Waals surface area (Å²) in [7, 11) is 0. The Balaban J connectivity index is 0.00000533. The van der Waals surface area contributed by atoms with Crippen LogP contribution in [0.25, 0.3) is 78.3 Å². The summed E-state index contributed by atoms with van der Waals surface area (Å²) in [4.78, 5) is 14.0. The third-order valence-corrected chi connectivity index (χ3v) is 11.8. The fourth-order valence-corrected chi connectivity index (χ4v) is 8.35. The first-order chi connectivity index (χ1) is 31.7. The van der Waals surface area contributed by atoms with Gasteiger partial charge in [0, 0.05) is 18.6 Å². The molecule has 0 aliphatic carbocycles. The first-order valence-corrected chi connectivity index (χ1v) is 21.9. The van der Waals surface area contributed by atoms with E-state index in [9.17, 15) is 0 Å². The number of nitrogens with zero attached hydrogens (tertiary/aromatic N) is 3. The summed E-state index contributed by atoms with van der Waals surface area (Å²) in [5.41, 5.74) is 20.2. The molecular weight excluding hydrogens is 967 g/mol. The Morgan fingerprint density at radius 3 is 1.37 bits per heavy atom. The maximum absolute atomic E-state index is 5.02. The Hall–Kier alpha value is -7.36. The molecule has 65 heavy (non-hydrogen) atoms. The number of aryl methyl sites for hydroxylation is 4. The smallest absolute Gasteiger partial charge is 0.305 e. The molecule has 0 unspecified atom stereocenters. The van der Waals surface area contributed by atoms with Crippen molar-refractivity contribution < 1.29 is 20.1 Å². The first kappa shape index (κ1) is 42.9. The van der Waals surface area contributed by atoms with E-state index < -0.39 is 0 Å². The van der Waals surface area contributed by atoms with Gasteiger partial charge in [-0.2, -0.15) is 0 Å². The fraction of sp³-hybridized carbons (Fsp3) is 0.0656. The van der Waals surface area contributed by atoms with E-state index >= 15 is 0 Å². The van der Waals surface area contributed by atoms with Crippen LogP contribution in [-0.4, -0.2) is 15.0 Å². The van der Waals surface area contributed by atoms with Gasteiger partial charge < -0.3 is 15.0 Å². The van der Waals surface area contributed by atoms with Gasteiger partial charge in [0.25, 0.3) is 0 Å². The molecule has 10 rings (SSSR count). The summed E-state index contributed by atoms with van der Waals surface area (Å²) in [5.74, 6) is 0. The van der Waals surface area contributed by atoms with Crippen molar-refractivity contribution in [2.75, 3.05) is 0 Å². The van der Waals surface area contributed by atoms with Crippen molar-refractivity contribution in [2.24, 2.45) is 0 Å². The van der Waals surface area contributed by atoms with Crippen LogP contribution in [0.2, 0.25) is 0 Å². The molecule has 3 nitrogen and oxygen atoms in total. The fourth-order valence-electron chi connectivity index (χ4n) is 8.35. The molecule has 7 aromatic carbocycles. The van der Waals surface area contributed by atoms with Crippen LogP contribution in [0.5, 0.6) is 0 Å². The van der Waals surface area contributed by atoms with Crippen LogP contribution in [0.4, 0.5) is 0 Å². The molecule has 10 aromatic rings. The Kier molecular flexibility index (Phi) is 13.5. The molecule has 0 bridgehead atoms. The minimum absolute atomic E-state index is 0. The van der Waals surface area contributed by atoms with Crippen molar-refractivity contribution >= 4 is 0 Å². The average molecular weight is 1010 g/mol. The van der Waals surface area contributed by atoms with Gasteiger partial charge in [-0.25, -0.2) is 0 Å². The molecule has 0 aliphatic rings. The molecule has 3 aromatic heterocycles. The van der Waals surface area contributed by atoms with Gasteiger partial charge >= 0.3 is 20.1 Å². The van der Waals surface area contributed by atoms with Crippen LogP contribution in [0, 0.1) is 18.2 Å². The molecule has 0 saturated heterocycles. The summed E-state index contributed by atoms with van der Waals surface area (Å²) in [5, 5.41) is 0. The molecule has 0 saturated carbocycles. The van der Waals surface area contributed by atoms with Gasteiger partial charge in [-0.15, -0.1) is 106 Å². The standard InChI is InChI=1S/C61H44N3.Ir/c1-2-11-48(12-3-1)49-31-33-50(34-32-49)53-13-10-14-54(42-53)61-36-35-55(43-64-61)57-15-4-5-16-58(57)56-40-46(21-19-44-23-27-51(28-24-44)59-17-6-8-37-62-59)39-47(41-56)22-20-45-25-29-52(30-26-45)60-18-7-9-38-63-60;/h1-13,15-18,23-27,29,31-43H,19-22H2;/q-3;+3. The quantitative estimate of drug-likeness (QED) is 0.108. The summed E-state index contributed by atoms with van der Waals surface area (Å²) in [6.45, 7) is 0. The van der Waals surface area contributed by atoms with Crippen molar-refractivity contribution in [3.8, 4) is 78.3 Å². The van der Waals surface area contributed by atoms with Crippen molar-refractivity contribution in [2.45, 2.75) is 25.7 Å². The second kappa shape index (κ2) is 20.4. The Bertz CT molecular complexity index is 2990. The van der Waals surface area contributed by atoms with E-state index in [4.69, 9.17) is 4.98 Å². The molecule has 4 heteroatoms. The van der Waals surface area contributed by atoms with Crippen LogP contribution in [0.1, 0.15) is 22.3 Å². The van der Waals surface area contributed by atoms with Crippen LogP contribution >= 0.6 is 0 Å². The minimum atomic E-state index is 0. The predicted octanol–water partition coefficient (Wildman–Crippen LogP) is 14.5. The zero-order chi connectivity index (χ0) is 42.9. The maximum Gasteiger partial charge on any atom is 3.00 e. The number of rotatable bonds is 13. The van der Waals surface area contributed by atoms with Gasteiger partial charge in [-0.1, -0.05) is 146 Å². The zero-order valence-corrected chi connectivity index (χ0v) is 38.2. The molecule has 0 aliphatic heterocycles. The van der Waals surface area contributed by atoms with E-state index in [2.05, 4.69) is 180 Å². The maximum atomic E-state index is 5.02. The molecule has 312 valence electrons. The van der Waals surface area contributed by atoms with Gasteiger partial charge in [-0.3, -0.25) is 0 Å². The minimum Gasteiger partial charge on any atom is -0.305 e. The molecule has 0 radical (unpaired) electrons. The van der Waals surface area contributed by atoms with E-state index in [0.717, 1.165) is 81.7 Å². The topological polar surface area (TPSA) is 38.7 Å². The first-order valence-electron chi connectivity index (χ1n) is 21.9. The summed E-state index contributed by atoms with van der Waals surface area (Å²) in [6, 6.07) is 80.9. The number of benzene rings is 7. The number of aromatic nitrogens is 3. The Labute approximate surface area is 396 Å². The summed E-state index contributed by atoms with van der Waals surface area (Å²) < 4.78 is 0. The zero-order valence-electron chi connectivity index (χ0n) is 35.8. The second-order valence-corrected chi connectivity index (χ2v) is 16.1. The number of hydrogen-bond donors (Lipinski definition) is 0. The largest absolute Gasteiger partial charge is 3.00 e.